The molecule has 0 aromatic carbocycles. The van der Waals surface area contributed by atoms with E-state index in [1.54, 1.807) is 5.06 Å². The van der Waals surface area contributed by atoms with Crippen LogP contribution in [0.1, 0.15) is 33.1 Å². The Hall–Kier alpha value is -1.14. The maximum absolute atomic E-state index is 11.7. The third-order valence-electron chi connectivity index (χ3n) is 2.23. The number of hydrogen-bond donors (Lipinski definition) is 2. The van der Waals surface area contributed by atoms with Gasteiger partial charge in [-0.25, -0.2) is 4.79 Å². The molecule has 0 radical (unpaired) electrons. The van der Waals surface area contributed by atoms with Gasteiger partial charge in [-0.1, -0.05) is 13.8 Å². The summed E-state index contributed by atoms with van der Waals surface area (Å²) in [6.07, 6.45) is 1.70. The van der Waals surface area contributed by atoms with Gasteiger partial charge in [-0.3, -0.25) is 4.79 Å². The summed E-state index contributed by atoms with van der Waals surface area (Å²) < 4.78 is 0. The molecule has 0 aliphatic heterocycles. The Morgan fingerprint density at radius 3 is 2.12 bits per heavy atom. The maximum Gasteiger partial charge on any atom is 0.329 e. The molecule has 6 nitrogen and oxygen atoms in total. The zero-order valence-electron chi connectivity index (χ0n) is 10.6. The van der Waals surface area contributed by atoms with Crippen molar-refractivity contribution in [1.82, 2.24) is 5.06 Å². The predicted octanol–water partition coefficient (Wildman–Crippen LogP) is 0.0169. The van der Waals surface area contributed by atoms with E-state index < -0.39 is 17.8 Å². The summed E-state index contributed by atoms with van der Waals surface area (Å²) >= 11 is 0. The predicted molar refractivity (Wildman–Crippen MR) is 64.6 cm³/mol. The molecule has 100 valence electrons. The van der Waals surface area contributed by atoms with Crippen LogP contribution in [-0.4, -0.2) is 36.6 Å². The SMILES string of the molecule is CCCN(CCC)OC(=O)C(CN)CC(N)=O. The Kier molecular flexibility index (Phi) is 8.35. The lowest BCUT2D eigenvalue weighted by Crippen LogP contribution is -2.36. The van der Waals surface area contributed by atoms with Gasteiger partial charge >= 0.3 is 5.97 Å². The number of rotatable bonds is 9. The lowest BCUT2D eigenvalue weighted by Gasteiger charge is -2.22. The van der Waals surface area contributed by atoms with Crippen LogP contribution in [0.4, 0.5) is 0 Å². The van der Waals surface area contributed by atoms with Crippen molar-refractivity contribution in [1.29, 1.82) is 0 Å². The quantitative estimate of drug-likeness (QED) is 0.558. The van der Waals surface area contributed by atoms with E-state index >= 15 is 0 Å². The van der Waals surface area contributed by atoms with Crippen LogP contribution in [0.3, 0.4) is 0 Å². The van der Waals surface area contributed by atoms with E-state index in [0.29, 0.717) is 13.1 Å². The minimum absolute atomic E-state index is 0.0634. The van der Waals surface area contributed by atoms with E-state index in [0.717, 1.165) is 12.8 Å². The molecule has 1 unspecified atom stereocenters. The Bertz CT molecular complexity index is 240. The van der Waals surface area contributed by atoms with Gasteiger partial charge < -0.3 is 16.3 Å². The smallest absolute Gasteiger partial charge is 0.329 e. The molecule has 17 heavy (non-hydrogen) atoms. The highest BCUT2D eigenvalue weighted by atomic mass is 16.7. The maximum atomic E-state index is 11.7. The van der Waals surface area contributed by atoms with E-state index in [2.05, 4.69) is 0 Å². The summed E-state index contributed by atoms with van der Waals surface area (Å²) in [7, 11) is 0. The molecule has 0 saturated heterocycles. The van der Waals surface area contributed by atoms with Crippen molar-refractivity contribution in [3.8, 4) is 0 Å². The first-order valence-electron chi connectivity index (χ1n) is 6.00. The average Bonchev–Trinajstić information content (AvgIpc) is 2.26. The third-order valence-corrected chi connectivity index (χ3v) is 2.23. The third kappa shape index (κ3) is 6.91. The molecule has 0 aromatic rings. The standard InChI is InChI=1S/C11H23N3O3/c1-3-5-14(6-4-2)17-11(16)9(8-12)7-10(13)15/h9H,3-8,12H2,1-2H3,(H2,13,15). The monoisotopic (exact) mass is 245 g/mol. The van der Waals surface area contributed by atoms with E-state index in [9.17, 15) is 9.59 Å². The lowest BCUT2D eigenvalue weighted by atomic mass is 10.1. The highest BCUT2D eigenvalue weighted by Crippen LogP contribution is 2.06. The fourth-order valence-corrected chi connectivity index (χ4v) is 1.41. The van der Waals surface area contributed by atoms with E-state index in [1.807, 2.05) is 13.8 Å². The Labute approximate surface area is 102 Å². The number of hydroxylamine groups is 2. The number of nitrogens with zero attached hydrogens (tertiary/aromatic N) is 1. The van der Waals surface area contributed by atoms with Gasteiger partial charge in [0.1, 0.15) is 0 Å². The molecule has 0 heterocycles. The number of primary amides is 1. The van der Waals surface area contributed by atoms with E-state index in [1.165, 1.54) is 0 Å². The van der Waals surface area contributed by atoms with Gasteiger partial charge in [0.25, 0.3) is 0 Å². The minimum Gasteiger partial charge on any atom is -0.370 e. The number of carbonyl (C=O) groups excluding carboxylic acids is 2. The zero-order chi connectivity index (χ0) is 13.3. The molecular formula is C11H23N3O3. The van der Waals surface area contributed by atoms with Crippen LogP contribution < -0.4 is 11.5 Å². The summed E-state index contributed by atoms with van der Waals surface area (Å²) in [5, 5.41) is 1.60. The fourth-order valence-electron chi connectivity index (χ4n) is 1.41. The topological polar surface area (TPSA) is 98.7 Å². The number of amides is 1. The van der Waals surface area contributed by atoms with Crippen molar-refractivity contribution in [2.75, 3.05) is 19.6 Å². The molecule has 0 aliphatic rings. The molecular weight excluding hydrogens is 222 g/mol. The molecule has 0 rings (SSSR count). The average molecular weight is 245 g/mol. The number of nitrogens with two attached hydrogens (primary N) is 2. The van der Waals surface area contributed by atoms with Gasteiger partial charge in [0.2, 0.25) is 5.91 Å². The first-order chi connectivity index (χ1) is 8.04. The summed E-state index contributed by atoms with van der Waals surface area (Å²) in [6, 6.07) is 0. The van der Waals surface area contributed by atoms with Gasteiger partial charge in [-0.15, -0.1) is 5.06 Å². The van der Waals surface area contributed by atoms with Gasteiger partial charge in [-0.2, -0.15) is 0 Å². The molecule has 6 heteroatoms. The second-order valence-corrected chi connectivity index (χ2v) is 3.94. The van der Waals surface area contributed by atoms with Crippen molar-refractivity contribution in [3.05, 3.63) is 0 Å². The number of carbonyl (C=O) groups is 2. The zero-order valence-corrected chi connectivity index (χ0v) is 10.6. The molecule has 0 spiro atoms. The van der Waals surface area contributed by atoms with Crippen molar-refractivity contribution in [2.24, 2.45) is 17.4 Å². The fraction of sp³-hybridized carbons (Fsp3) is 0.818. The molecule has 0 aliphatic carbocycles. The van der Waals surface area contributed by atoms with Crippen LogP contribution >= 0.6 is 0 Å². The summed E-state index contributed by atoms with van der Waals surface area (Å²) in [6.45, 7) is 5.41. The molecule has 0 bridgehead atoms. The summed E-state index contributed by atoms with van der Waals surface area (Å²) in [5.41, 5.74) is 10.5. The van der Waals surface area contributed by atoms with Crippen LogP contribution in [-0.2, 0) is 14.4 Å². The van der Waals surface area contributed by atoms with Gasteiger partial charge in [0.15, 0.2) is 0 Å². The molecule has 1 atom stereocenters. The van der Waals surface area contributed by atoms with Crippen LogP contribution in [0, 0.1) is 5.92 Å². The second kappa shape index (κ2) is 8.95. The molecule has 1 amide bonds. The summed E-state index contributed by atoms with van der Waals surface area (Å²) in [5.74, 6) is -1.67. The first-order valence-corrected chi connectivity index (χ1v) is 6.00. The van der Waals surface area contributed by atoms with Gasteiger partial charge in [0.05, 0.1) is 5.92 Å². The van der Waals surface area contributed by atoms with Crippen molar-refractivity contribution in [3.63, 3.8) is 0 Å². The van der Waals surface area contributed by atoms with Crippen molar-refractivity contribution >= 4 is 11.9 Å². The van der Waals surface area contributed by atoms with Crippen LogP contribution in [0.2, 0.25) is 0 Å². The van der Waals surface area contributed by atoms with Crippen molar-refractivity contribution < 1.29 is 14.4 Å². The number of hydrogen-bond acceptors (Lipinski definition) is 5. The van der Waals surface area contributed by atoms with Gasteiger partial charge in [-0.05, 0) is 12.8 Å². The highest BCUT2D eigenvalue weighted by molar-refractivity contribution is 5.81. The second-order valence-electron chi connectivity index (χ2n) is 3.94. The Balaban J connectivity index is 4.29. The molecule has 0 fully saturated rings. The largest absolute Gasteiger partial charge is 0.370 e. The van der Waals surface area contributed by atoms with Crippen LogP contribution in [0.15, 0.2) is 0 Å². The molecule has 0 aromatic heterocycles. The van der Waals surface area contributed by atoms with E-state index in [4.69, 9.17) is 16.3 Å². The minimum atomic E-state index is -0.649. The first kappa shape index (κ1) is 15.9. The normalized spacial score (nSPS) is 12.5. The Morgan fingerprint density at radius 2 is 1.76 bits per heavy atom. The highest BCUT2D eigenvalue weighted by Gasteiger charge is 2.23. The van der Waals surface area contributed by atoms with Crippen molar-refractivity contribution in [2.45, 2.75) is 33.1 Å². The van der Waals surface area contributed by atoms with Gasteiger partial charge in [0, 0.05) is 26.1 Å². The lowest BCUT2D eigenvalue weighted by molar-refractivity contribution is -0.196. The summed E-state index contributed by atoms with van der Waals surface area (Å²) in [4.78, 5) is 27.7. The van der Waals surface area contributed by atoms with E-state index in [-0.39, 0.29) is 13.0 Å². The van der Waals surface area contributed by atoms with Crippen LogP contribution in [0.5, 0.6) is 0 Å². The van der Waals surface area contributed by atoms with Crippen LogP contribution in [0.25, 0.3) is 0 Å². The molecule has 4 N–H and O–H groups in total. The molecule has 0 saturated carbocycles. The Morgan fingerprint density at radius 1 is 1.24 bits per heavy atom.